The lowest BCUT2D eigenvalue weighted by atomic mass is 9.95. The van der Waals surface area contributed by atoms with Gasteiger partial charge in [0.1, 0.15) is 0 Å². The number of hydrogen-bond acceptors (Lipinski definition) is 4. The van der Waals surface area contributed by atoms with Crippen LogP contribution in [0.25, 0.3) is 10.8 Å². The van der Waals surface area contributed by atoms with Crippen LogP contribution >= 0.6 is 0 Å². The monoisotopic (exact) mass is 255 g/mol. The summed E-state index contributed by atoms with van der Waals surface area (Å²) in [7, 11) is 3.74. The highest BCUT2D eigenvalue weighted by atomic mass is 16.2. The number of carbonyl (C=O) groups is 2. The molecule has 1 aliphatic rings. The number of nitrogens with one attached hydrogen (secondary N) is 2. The van der Waals surface area contributed by atoms with Gasteiger partial charge in [0.25, 0.3) is 11.8 Å². The first-order valence-electron chi connectivity index (χ1n) is 5.92. The van der Waals surface area contributed by atoms with Gasteiger partial charge in [0, 0.05) is 25.0 Å². The molecule has 2 amide bonds. The summed E-state index contributed by atoms with van der Waals surface area (Å²) in [6.07, 6.45) is 0. The normalized spacial score (nSPS) is 13.8. The van der Waals surface area contributed by atoms with Gasteiger partial charge >= 0.3 is 0 Å². The van der Waals surface area contributed by atoms with Crippen molar-refractivity contribution in [2.24, 2.45) is 0 Å². The maximum Gasteiger partial charge on any atom is 0.258 e. The van der Waals surface area contributed by atoms with Crippen LogP contribution in [0.4, 0.5) is 5.69 Å². The van der Waals surface area contributed by atoms with Gasteiger partial charge in [-0.05, 0) is 23.6 Å². The highest BCUT2D eigenvalue weighted by Crippen LogP contribution is 2.29. The Labute approximate surface area is 110 Å². The topological polar surface area (TPSA) is 61.4 Å². The van der Waals surface area contributed by atoms with E-state index >= 15 is 0 Å². The zero-order valence-electron chi connectivity index (χ0n) is 10.7. The molecule has 0 saturated carbocycles. The summed E-state index contributed by atoms with van der Waals surface area (Å²) in [4.78, 5) is 23.7. The van der Waals surface area contributed by atoms with Crippen LogP contribution in [-0.4, -0.2) is 30.9 Å². The zero-order chi connectivity index (χ0) is 13.6. The third-order valence-electron chi connectivity index (χ3n) is 3.05. The maximum atomic E-state index is 11.9. The highest BCUT2D eigenvalue weighted by Gasteiger charge is 2.25. The Balaban J connectivity index is 2.31. The number of hydrazine groups is 1. The van der Waals surface area contributed by atoms with E-state index in [2.05, 4.69) is 10.7 Å². The molecule has 0 saturated heterocycles. The first kappa shape index (κ1) is 11.7. The van der Waals surface area contributed by atoms with Gasteiger partial charge in [0.05, 0.1) is 11.3 Å². The summed E-state index contributed by atoms with van der Waals surface area (Å²) >= 11 is 0. The molecule has 5 heteroatoms. The smallest absolute Gasteiger partial charge is 0.258 e. The minimum Gasteiger partial charge on any atom is -0.319 e. The van der Waals surface area contributed by atoms with Gasteiger partial charge in [0.15, 0.2) is 0 Å². The summed E-state index contributed by atoms with van der Waals surface area (Å²) in [6.45, 7) is 0. The maximum absolute atomic E-state index is 11.9. The van der Waals surface area contributed by atoms with E-state index in [4.69, 9.17) is 0 Å². The lowest BCUT2D eigenvalue weighted by Gasteiger charge is -2.20. The third kappa shape index (κ3) is 1.84. The molecule has 2 aromatic carbocycles. The Morgan fingerprint density at radius 3 is 2.53 bits per heavy atom. The van der Waals surface area contributed by atoms with Gasteiger partial charge in [-0.1, -0.05) is 12.1 Å². The van der Waals surface area contributed by atoms with Crippen LogP contribution in [0.2, 0.25) is 0 Å². The fraction of sp³-hybridized carbons (Fsp3) is 0.143. The van der Waals surface area contributed by atoms with Crippen molar-refractivity contribution < 1.29 is 9.59 Å². The number of rotatable bonds is 2. The Morgan fingerprint density at radius 2 is 1.79 bits per heavy atom. The molecule has 96 valence electrons. The van der Waals surface area contributed by atoms with Crippen LogP contribution in [0.5, 0.6) is 0 Å². The SMILES string of the molecule is CN(C)Nc1cc2c3c(cccc3c1)C(=O)NC2=O. The van der Waals surface area contributed by atoms with Gasteiger partial charge < -0.3 is 5.43 Å². The molecule has 0 unspecified atom stereocenters. The van der Waals surface area contributed by atoms with Crippen molar-refractivity contribution in [3.8, 4) is 0 Å². The highest BCUT2D eigenvalue weighted by molar-refractivity contribution is 6.26. The average Bonchev–Trinajstić information content (AvgIpc) is 2.34. The van der Waals surface area contributed by atoms with Crippen LogP contribution in [0, 0.1) is 0 Å². The molecule has 2 N–H and O–H groups in total. The van der Waals surface area contributed by atoms with E-state index < -0.39 is 0 Å². The van der Waals surface area contributed by atoms with Crippen LogP contribution in [-0.2, 0) is 0 Å². The van der Waals surface area contributed by atoms with E-state index in [9.17, 15) is 9.59 Å². The van der Waals surface area contributed by atoms with Gasteiger partial charge in [0.2, 0.25) is 0 Å². The van der Waals surface area contributed by atoms with Crippen LogP contribution in [0.3, 0.4) is 0 Å². The summed E-state index contributed by atoms with van der Waals surface area (Å²) < 4.78 is 0. The summed E-state index contributed by atoms with van der Waals surface area (Å²) in [5.41, 5.74) is 5.00. The quantitative estimate of drug-likeness (QED) is 0.632. The molecule has 0 aromatic heterocycles. The molecule has 0 spiro atoms. The van der Waals surface area contributed by atoms with Crippen LogP contribution in [0.1, 0.15) is 20.7 Å². The number of hydrogen-bond donors (Lipinski definition) is 2. The van der Waals surface area contributed by atoms with E-state index in [1.807, 2.05) is 32.3 Å². The number of imide groups is 1. The lowest BCUT2D eigenvalue weighted by Crippen LogP contribution is -2.34. The minimum atomic E-state index is -0.351. The molecule has 0 bridgehead atoms. The molecule has 3 rings (SSSR count). The van der Waals surface area contributed by atoms with Gasteiger partial charge in [-0.15, -0.1) is 0 Å². The Kier molecular flexibility index (Phi) is 2.50. The van der Waals surface area contributed by atoms with Crippen LogP contribution in [0.15, 0.2) is 30.3 Å². The molecule has 0 aliphatic carbocycles. The number of anilines is 1. The Hall–Kier alpha value is -2.40. The van der Waals surface area contributed by atoms with Crippen molar-refractivity contribution >= 4 is 28.3 Å². The predicted octanol–water partition coefficient (Wildman–Crippen LogP) is 1.61. The van der Waals surface area contributed by atoms with Gasteiger partial charge in [-0.2, -0.15) is 0 Å². The molecule has 1 aliphatic heterocycles. The fourth-order valence-corrected chi connectivity index (χ4v) is 2.36. The first-order chi connectivity index (χ1) is 9.06. The standard InChI is InChI=1S/C14H13N3O2/c1-17(2)16-9-6-8-4-3-5-10-12(8)11(7-9)14(19)15-13(10)18/h3-7,16H,1-2H3,(H,15,18,19). The second-order valence-corrected chi connectivity index (χ2v) is 4.72. The Bertz CT molecular complexity index is 707. The Morgan fingerprint density at radius 1 is 1.05 bits per heavy atom. The second kappa shape index (κ2) is 4.07. The van der Waals surface area contributed by atoms with E-state index in [0.29, 0.717) is 11.1 Å². The van der Waals surface area contributed by atoms with E-state index in [-0.39, 0.29) is 11.8 Å². The predicted molar refractivity (Wildman–Crippen MR) is 73.1 cm³/mol. The van der Waals surface area contributed by atoms with Gasteiger partial charge in [-0.25, -0.2) is 5.01 Å². The molecule has 5 nitrogen and oxygen atoms in total. The molecule has 2 aromatic rings. The third-order valence-corrected chi connectivity index (χ3v) is 3.05. The number of nitrogens with zero attached hydrogens (tertiary/aromatic N) is 1. The first-order valence-corrected chi connectivity index (χ1v) is 5.92. The lowest BCUT2D eigenvalue weighted by molar-refractivity contribution is 0.0845. The van der Waals surface area contributed by atoms with Crippen molar-refractivity contribution in [2.75, 3.05) is 19.5 Å². The summed E-state index contributed by atoms with van der Waals surface area (Å²) in [5.74, 6) is -0.687. The largest absolute Gasteiger partial charge is 0.319 e. The van der Waals surface area contributed by atoms with Crippen molar-refractivity contribution in [3.05, 3.63) is 41.5 Å². The minimum absolute atomic E-state index is 0.337. The zero-order valence-corrected chi connectivity index (χ0v) is 10.7. The molecular weight excluding hydrogens is 242 g/mol. The summed E-state index contributed by atoms with van der Waals surface area (Å²) in [6, 6.07) is 9.12. The summed E-state index contributed by atoms with van der Waals surface area (Å²) in [5, 5.41) is 5.75. The second-order valence-electron chi connectivity index (χ2n) is 4.72. The van der Waals surface area contributed by atoms with Gasteiger partial charge in [-0.3, -0.25) is 14.9 Å². The van der Waals surface area contributed by atoms with E-state index in [0.717, 1.165) is 16.5 Å². The molecular formula is C14H13N3O2. The number of carbonyl (C=O) groups excluding carboxylic acids is 2. The van der Waals surface area contributed by atoms with E-state index in [1.165, 1.54) is 0 Å². The van der Waals surface area contributed by atoms with E-state index in [1.54, 1.807) is 17.1 Å². The van der Waals surface area contributed by atoms with Crippen molar-refractivity contribution in [1.29, 1.82) is 0 Å². The van der Waals surface area contributed by atoms with Crippen molar-refractivity contribution in [1.82, 2.24) is 10.3 Å². The molecule has 0 atom stereocenters. The number of benzene rings is 2. The fourth-order valence-electron chi connectivity index (χ4n) is 2.36. The molecule has 1 heterocycles. The van der Waals surface area contributed by atoms with Crippen molar-refractivity contribution in [3.63, 3.8) is 0 Å². The average molecular weight is 255 g/mol. The van der Waals surface area contributed by atoms with Crippen molar-refractivity contribution in [2.45, 2.75) is 0 Å². The molecule has 19 heavy (non-hydrogen) atoms. The number of amides is 2. The molecule has 0 radical (unpaired) electrons. The molecule has 0 fully saturated rings. The van der Waals surface area contributed by atoms with Crippen LogP contribution < -0.4 is 10.7 Å².